The second-order valence-electron chi connectivity index (χ2n) is 9.81. The normalized spacial score (nSPS) is 18.0. The molecule has 6 nitrogen and oxygen atoms in total. The number of hydrogen-bond acceptors (Lipinski definition) is 4. The molecule has 0 fully saturated rings. The van der Waals surface area contributed by atoms with Gasteiger partial charge in [0.15, 0.2) is 0 Å². The third-order valence-electron chi connectivity index (χ3n) is 6.90. The van der Waals surface area contributed by atoms with Crippen LogP contribution in [0.15, 0.2) is 48.7 Å². The smallest absolute Gasteiger partial charge is 0.412 e. The van der Waals surface area contributed by atoms with E-state index in [0.717, 1.165) is 0 Å². The van der Waals surface area contributed by atoms with Crippen molar-refractivity contribution in [1.82, 2.24) is 4.98 Å². The van der Waals surface area contributed by atoms with Crippen LogP contribution >= 0.6 is 23.2 Å². The average molecular weight is 560 g/mol. The molecule has 0 aliphatic carbocycles. The van der Waals surface area contributed by atoms with Crippen LogP contribution in [-0.4, -0.2) is 29.8 Å². The second kappa shape index (κ2) is 9.67. The van der Waals surface area contributed by atoms with Crippen molar-refractivity contribution < 1.29 is 23.0 Å². The number of methoxy groups -OCH3 is 1. The van der Waals surface area contributed by atoms with Gasteiger partial charge in [0.25, 0.3) is 0 Å². The van der Waals surface area contributed by atoms with Crippen LogP contribution < -0.4 is 15.4 Å². The molecule has 1 aliphatic rings. The maximum Gasteiger partial charge on any atom is 0.412 e. The lowest BCUT2D eigenvalue weighted by Gasteiger charge is -2.44. The topological polar surface area (TPSA) is 75.4 Å². The zero-order valence-electron chi connectivity index (χ0n) is 21.0. The summed E-state index contributed by atoms with van der Waals surface area (Å²) in [5.41, 5.74) is 0.782. The van der Waals surface area contributed by atoms with Crippen molar-refractivity contribution in [1.29, 1.82) is 0 Å². The first-order valence-electron chi connectivity index (χ1n) is 11.9. The molecule has 3 aromatic carbocycles. The highest BCUT2D eigenvalue weighted by atomic mass is 35.5. The quantitative estimate of drug-likeness (QED) is 0.235. The Morgan fingerprint density at radius 1 is 1.11 bits per heavy atom. The number of aromatic nitrogens is 1. The molecule has 0 saturated carbocycles. The van der Waals surface area contributed by atoms with Crippen LogP contribution in [0.3, 0.4) is 0 Å². The molecule has 0 unspecified atom stereocenters. The molecule has 2 atom stereocenters. The Hall–Kier alpha value is -3.49. The zero-order valence-corrected chi connectivity index (χ0v) is 22.5. The van der Waals surface area contributed by atoms with Gasteiger partial charge in [0, 0.05) is 40.0 Å². The molecule has 1 aliphatic heterocycles. The van der Waals surface area contributed by atoms with Crippen molar-refractivity contribution in [3.63, 3.8) is 0 Å². The van der Waals surface area contributed by atoms with E-state index in [-0.39, 0.29) is 11.1 Å². The summed E-state index contributed by atoms with van der Waals surface area (Å²) in [6, 6.07) is 11.2. The van der Waals surface area contributed by atoms with Gasteiger partial charge in [0.05, 0.1) is 33.8 Å². The standard InChI is InChI=1S/C28H25Cl2F2N3O3/c1-13-22-20(11-19(31)23(24(22)32)16-7-5-6-15-18(30)12-33-25(15)16)35-28(2,3)26(13)38-27(36)34-14-8-9-21(37-4)17(29)10-14/h5-13,26,33,35H,1-4H3,(H,34,36)/t13-,26+/m1/s1. The molecule has 2 heterocycles. The highest BCUT2D eigenvalue weighted by molar-refractivity contribution is 6.36. The van der Waals surface area contributed by atoms with Gasteiger partial charge in [0.1, 0.15) is 23.5 Å². The number of carbonyl (C=O) groups is 1. The third-order valence-corrected chi connectivity index (χ3v) is 7.51. The van der Waals surface area contributed by atoms with E-state index in [1.165, 1.54) is 19.2 Å². The number of halogens is 4. The first kappa shape index (κ1) is 26.1. The Morgan fingerprint density at radius 2 is 1.87 bits per heavy atom. The minimum Gasteiger partial charge on any atom is -0.495 e. The molecule has 0 bridgehead atoms. The van der Waals surface area contributed by atoms with E-state index in [0.29, 0.717) is 43.6 Å². The van der Waals surface area contributed by atoms with Crippen LogP contribution in [0.5, 0.6) is 5.75 Å². The fraction of sp³-hybridized carbons (Fsp3) is 0.250. The maximum atomic E-state index is 16.2. The van der Waals surface area contributed by atoms with Crippen LogP contribution in [0.1, 0.15) is 32.3 Å². The summed E-state index contributed by atoms with van der Waals surface area (Å²) in [5.74, 6) is -1.60. The molecule has 10 heteroatoms. The SMILES string of the molecule is COc1ccc(NC(=O)O[C@H]2[C@H](C)c3c(cc(F)c(-c4cccc5c(Cl)c[nH]c45)c3F)NC2(C)C)cc1Cl. The summed E-state index contributed by atoms with van der Waals surface area (Å²) < 4.78 is 42.6. The number of fused-ring (bicyclic) bond motifs is 2. The number of aromatic amines is 1. The lowest BCUT2D eigenvalue weighted by molar-refractivity contribution is 0.0561. The molecule has 4 aromatic rings. The molecule has 3 N–H and O–H groups in total. The van der Waals surface area contributed by atoms with E-state index in [9.17, 15) is 4.79 Å². The predicted molar refractivity (Wildman–Crippen MR) is 147 cm³/mol. The molecule has 0 spiro atoms. The zero-order chi connectivity index (χ0) is 27.4. The minimum atomic E-state index is -0.839. The molecule has 5 rings (SSSR count). The van der Waals surface area contributed by atoms with Gasteiger partial charge >= 0.3 is 6.09 Å². The van der Waals surface area contributed by atoms with Crippen LogP contribution in [0.2, 0.25) is 10.0 Å². The van der Waals surface area contributed by atoms with E-state index in [4.69, 9.17) is 32.7 Å². The van der Waals surface area contributed by atoms with E-state index >= 15 is 8.78 Å². The summed E-state index contributed by atoms with van der Waals surface area (Å²) in [6.45, 7) is 5.36. The van der Waals surface area contributed by atoms with Crippen molar-refractivity contribution in [3.8, 4) is 16.9 Å². The molecule has 1 aromatic heterocycles. The third kappa shape index (κ3) is 4.41. The fourth-order valence-electron chi connectivity index (χ4n) is 5.21. The summed E-state index contributed by atoms with van der Waals surface area (Å²) in [4.78, 5) is 15.9. The Bertz CT molecular complexity index is 1570. The summed E-state index contributed by atoms with van der Waals surface area (Å²) in [5, 5.41) is 7.24. The van der Waals surface area contributed by atoms with Crippen LogP contribution in [0.25, 0.3) is 22.0 Å². The first-order valence-corrected chi connectivity index (χ1v) is 12.6. The van der Waals surface area contributed by atoms with Gasteiger partial charge in [-0.05, 0) is 38.1 Å². The summed E-state index contributed by atoms with van der Waals surface area (Å²) in [7, 11) is 1.49. The summed E-state index contributed by atoms with van der Waals surface area (Å²) >= 11 is 12.4. The molecule has 0 radical (unpaired) electrons. The maximum absolute atomic E-state index is 16.2. The largest absolute Gasteiger partial charge is 0.495 e. The highest BCUT2D eigenvalue weighted by Crippen LogP contribution is 2.46. The average Bonchev–Trinajstić information content (AvgIpc) is 3.23. The minimum absolute atomic E-state index is 0.183. The Kier molecular flexibility index (Phi) is 6.65. The number of rotatable bonds is 4. The Morgan fingerprint density at radius 3 is 2.58 bits per heavy atom. The number of anilines is 2. The van der Waals surface area contributed by atoms with E-state index in [1.807, 2.05) is 0 Å². The lowest BCUT2D eigenvalue weighted by Crippen LogP contribution is -2.52. The first-order chi connectivity index (χ1) is 18.0. The number of carbonyl (C=O) groups excluding carboxylic acids is 1. The van der Waals surface area contributed by atoms with Crippen molar-refractivity contribution in [2.75, 3.05) is 17.7 Å². The van der Waals surface area contributed by atoms with Gasteiger partial charge in [-0.2, -0.15) is 0 Å². The van der Waals surface area contributed by atoms with Crippen LogP contribution in [-0.2, 0) is 4.74 Å². The van der Waals surface area contributed by atoms with E-state index in [1.54, 1.807) is 57.3 Å². The van der Waals surface area contributed by atoms with Gasteiger partial charge < -0.3 is 19.8 Å². The Labute approximate surface area is 228 Å². The number of H-pyrrole nitrogens is 1. The van der Waals surface area contributed by atoms with Gasteiger partial charge in [0.2, 0.25) is 0 Å². The van der Waals surface area contributed by atoms with Crippen molar-refractivity contribution in [2.45, 2.75) is 38.3 Å². The highest BCUT2D eigenvalue weighted by Gasteiger charge is 2.45. The van der Waals surface area contributed by atoms with Crippen molar-refractivity contribution >= 4 is 51.6 Å². The number of benzene rings is 3. The molecule has 0 saturated heterocycles. The van der Waals surface area contributed by atoms with Gasteiger partial charge in [-0.25, -0.2) is 13.6 Å². The predicted octanol–water partition coefficient (Wildman–Crippen LogP) is 8.35. The molecule has 198 valence electrons. The number of nitrogens with one attached hydrogen (secondary N) is 3. The fourth-order valence-corrected chi connectivity index (χ4v) is 5.68. The van der Waals surface area contributed by atoms with E-state index in [2.05, 4.69) is 15.6 Å². The van der Waals surface area contributed by atoms with Crippen molar-refractivity contribution in [3.05, 3.63) is 75.9 Å². The second-order valence-corrected chi connectivity index (χ2v) is 10.6. The number of para-hydroxylation sites is 1. The number of ether oxygens (including phenoxy) is 2. The molecule has 1 amide bonds. The Balaban J connectivity index is 1.50. The molecule has 38 heavy (non-hydrogen) atoms. The van der Waals surface area contributed by atoms with Crippen LogP contribution in [0.4, 0.5) is 25.0 Å². The monoisotopic (exact) mass is 559 g/mol. The molecular formula is C28H25Cl2F2N3O3. The van der Waals surface area contributed by atoms with E-state index < -0.39 is 35.3 Å². The summed E-state index contributed by atoms with van der Waals surface area (Å²) in [6.07, 6.45) is 0.0389. The number of amides is 1. The van der Waals surface area contributed by atoms with Crippen LogP contribution in [0, 0.1) is 11.6 Å². The van der Waals surface area contributed by atoms with Crippen molar-refractivity contribution in [2.24, 2.45) is 0 Å². The van der Waals surface area contributed by atoms with Gasteiger partial charge in [-0.3, -0.25) is 5.32 Å². The lowest BCUT2D eigenvalue weighted by atomic mass is 9.77. The molecular weight excluding hydrogens is 535 g/mol. The van der Waals surface area contributed by atoms with Gasteiger partial charge in [-0.15, -0.1) is 0 Å². The number of hydrogen-bond donors (Lipinski definition) is 3. The van der Waals surface area contributed by atoms with Gasteiger partial charge in [-0.1, -0.05) is 48.3 Å².